The molecule has 0 unspecified atom stereocenters. The number of aryl methyl sites for hydroxylation is 1. The van der Waals surface area contributed by atoms with Crippen LogP contribution < -0.4 is 10.1 Å². The van der Waals surface area contributed by atoms with E-state index in [-0.39, 0.29) is 5.91 Å². The Balaban J connectivity index is 1.64. The van der Waals surface area contributed by atoms with Crippen LogP contribution in [0.3, 0.4) is 0 Å². The molecule has 1 amide bonds. The first-order chi connectivity index (χ1) is 12.2. The minimum absolute atomic E-state index is 0.0843. The summed E-state index contributed by atoms with van der Waals surface area (Å²) in [5, 5.41) is 5.37. The molecule has 1 atom stereocenters. The number of benzene rings is 3. The van der Waals surface area contributed by atoms with Crippen molar-refractivity contribution in [3.63, 3.8) is 0 Å². The van der Waals surface area contributed by atoms with Crippen molar-refractivity contribution in [2.24, 2.45) is 0 Å². The molecule has 3 aromatic rings. The predicted octanol–water partition coefficient (Wildman–Crippen LogP) is 4.62. The Kier molecular flexibility index (Phi) is 5.34. The van der Waals surface area contributed by atoms with Gasteiger partial charge in [0, 0.05) is 6.54 Å². The normalized spacial score (nSPS) is 11.9. The van der Waals surface area contributed by atoms with Crippen molar-refractivity contribution in [3.05, 3.63) is 77.9 Å². The molecule has 128 valence electrons. The van der Waals surface area contributed by atoms with Crippen LogP contribution in [0.25, 0.3) is 10.8 Å². The fraction of sp³-hybridized carbons (Fsp3) is 0.227. The van der Waals surface area contributed by atoms with Crippen molar-refractivity contribution in [1.82, 2.24) is 5.32 Å². The maximum Gasteiger partial charge on any atom is 0.261 e. The van der Waals surface area contributed by atoms with Crippen LogP contribution in [0.5, 0.6) is 5.75 Å². The van der Waals surface area contributed by atoms with Crippen LogP contribution >= 0.6 is 0 Å². The van der Waals surface area contributed by atoms with Gasteiger partial charge >= 0.3 is 0 Å². The first-order valence-corrected chi connectivity index (χ1v) is 8.65. The quantitative estimate of drug-likeness (QED) is 0.715. The van der Waals surface area contributed by atoms with E-state index in [4.69, 9.17) is 4.74 Å². The van der Waals surface area contributed by atoms with Crippen molar-refractivity contribution in [2.75, 3.05) is 0 Å². The zero-order valence-corrected chi connectivity index (χ0v) is 14.7. The number of carbonyl (C=O) groups excluding carboxylic acids is 1. The lowest BCUT2D eigenvalue weighted by atomic mass is 10.1. The third-order valence-corrected chi connectivity index (χ3v) is 4.31. The number of nitrogens with one attached hydrogen (secondary N) is 1. The van der Waals surface area contributed by atoms with E-state index in [1.807, 2.05) is 56.3 Å². The van der Waals surface area contributed by atoms with Gasteiger partial charge in [0.15, 0.2) is 6.10 Å². The van der Waals surface area contributed by atoms with Gasteiger partial charge in [-0.15, -0.1) is 0 Å². The van der Waals surface area contributed by atoms with Gasteiger partial charge in [0.25, 0.3) is 5.91 Å². The van der Waals surface area contributed by atoms with Crippen molar-refractivity contribution < 1.29 is 9.53 Å². The number of fused-ring (bicyclic) bond motifs is 1. The Hall–Kier alpha value is -2.81. The van der Waals surface area contributed by atoms with Gasteiger partial charge in [-0.05, 0) is 47.4 Å². The van der Waals surface area contributed by atoms with E-state index in [2.05, 4.69) is 29.6 Å². The van der Waals surface area contributed by atoms with Crippen LogP contribution in [0.15, 0.2) is 66.7 Å². The molecule has 0 saturated carbocycles. The van der Waals surface area contributed by atoms with E-state index in [1.54, 1.807) is 0 Å². The molecule has 1 N–H and O–H groups in total. The molecule has 3 aromatic carbocycles. The molecule has 0 spiro atoms. The minimum atomic E-state index is -0.485. The largest absolute Gasteiger partial charge is 0.480 e. The van der Waals surface area contributed by atoms with Gasteiger partial charge in [-0.1, -0.05) is 61.5 Å². The summed E-state index contributed by atoms with van der Waals surface area (Å²) in [6.07, 6.45) is 0.138. The number of para-hydroxylation sites is 1. The van der Waals surface area contributed by atoms with Crippen LogP contribution in [0, 0.1) is 6.92 Å². The van der Waals surface area contributed by atoms with Crippen molar-refractivity contribution in [2.45, 2.75) is 32.9 Å². The van der Waals surface area contributed by atoms with E-state index in [0.29, 0.717) is 13.0 Å². The summed E-state index contributed by atoms with van der Waals surface area (Å²) in [4.78, 5) is 12.5. The summed E-state index contributed by atoms with van der Waals surface area (Å²) >= 11 is 0. The zero-order chi connectivity index (χ0) is 17.6. The van der Waals surface area contributed by atoms with Gasteiger partial charge in [0.1, 0.15) is 5.75 Å². The Morgan fingerprint density at radius 1 is 1.00 bits per heavy atom. The minimum Gasteiger partial charge on any atom is -0.480 e. The Morgan fingerprint density at radius 3 is 2.48 bits per heavy atom. The van der Waals surface area contributed by atoms with Crippen LogP contribution in [-0.2, 0) is 11.3 Å². The van der Waals surface area contributed by atoms with Crippen LogP contribution in [-0.4, -0.2) is 12.0 Å². The highest BCUT2D eigenvalue weighted by Crippen LogP contribution is 2.19. The molecule has 0 aliphatic rings. The summed E-state index contributed by atoms with van der Waals surface area (Å²) < 4.78 is 5.90. The standard InChI is InChI=1S/C22H23NO2/c1-3-20(25-21-11-7-4-8-16(21)2)22(24)23-15-17-12-13-18-9-5-6-10-19(18)14-17/h4-14,20H,3,15H2,1-2H3,(H,23,24)/t20-/m1/s1. The zero-order valence-electron chi connectivity index (χ0n) is 14.7. The number of amides is 1. The molecule has 0 aromatic heterocycles. The van der Waals surface area contributed by atoms with Crippen LogP contribution in [0.2, 0.25) is 0 Å². The fourth-order valence-corrected chi connectivity index (χ4v) is 2.82. The summed E-state index contributed by atoms with van der Waals surface area (Å²) in [6.45, 7) is 4.44. The molecule has 0 saturated heterocycles. The molecule has 0 heterocycles. The highest BCUT2D eigenvalue weighted by atomic mass is 16.5. The molecule has 0 aliphatic heterocycles. The maximum absolute atomic E-state index is 12.5. The number of hydrogen-bond acceptors (Lipinski definition) is 2. The molecule has 0 bridgehead atoms. The van der Waals surface area contributed by atoms with Crippen molar-refractivity contribution >= 4 is 16.7 Å². The van der Waals surface area contributed by atoms with Gasteiger partial charge in [-0.2, -0.15) is 0 Å². The molecule has 0 aliphatic carbocycles. The van der Waals surface area contributed by atoms with Crippen LogP contribution in [0.1, 0.15) is 24.5 Å². The average Bonchev–Trinajstić information content (AvgIpc) is 2.65. The lowest BCUT2D eigenvalue weighted by Crippen LogP contribution is -2.37. The van der Waals surface area contributed by atoms with Crippen molar-refractivity contribution in [3.8, 4) is 5.75 Å². The van der Waals surface area contributed by atoms with E-state index < -0.39 is 6.10 Å². The Labute approximate surface area is 148 Å². The fourth-order valence-electron chi connectivity index (χ4n) is 2.82. The van der Waals surface area contributed by atoms with Gasteiger partial charge in [0.05, 0.1) is 0 Å². The first kappa shape index (κ1) is 17.0. The van der Waals surface area contributed by atoms with Gasteiger partial charge in [-0.25, -0.2) is 0 Å². The Morgan fingerprint density at radius 2 is 1.72 bits per heavy atom. The van der Waals surface area contributed by atoms with E-state index >= 15 is 0 Å². The molecule has 3 rings (SSSR count). The molecule has 3 heteroatoms. The summed E-state index contributed by atoms with van der Waals surface area (Å²) in [5.41, 5.74) is 2.11. The number of rotatable bonds is 6. The average molecular weight is 333 g/mol. The van der Waals surface area contributed by atoms with Gasteiger partial charge in [-0.3, -0.25) is 4.79 Å². The van der Waals surface area contributed by atoms with E-state index in [9.17, 15) is 4.79 Å². The number of ether oxygens (including phenoxy) is 1. The molecule has 3 nitrogen and oxygen atoms in total. The maximum atomic E-state index is 12.5. The summed E-state index contributed by atoms with van der Waals surface area (Å²) in [5.74, 6) is 0.675. The lowest BCUT2D eigenvalue weighted by molar-refractivity contribution is -0.128. The van der Waals surface area contributed by atoms with Gasteiger partial charge in [0.2, 0.25) is 0 Å². The SMILES string of the molecule is CC[C@@H](Oc1ccccc1C)C(=O)NCc1ccc2ccccc2c1. The second-order valence-corrected chi connectivity index (χ2v) is 6.18. The predicted molar refractivity (Wildman–Crippen MR) is 102 cm³/mol. The third-order valence-electron chi connectivity index (χ3n) is 4.31. The molecular formula is C22H23NO2. The molecular weight excluding hydrogens is 310 g/mol. The summed E-state index contributed by atoms with van der Waals surface area (Å²) in [6, 6.07) is 22.2. The molecule has 0 radical (unpaired) electrons. The second kappa shape index (κ2) is 7.84. The highest BCUT2D eigenvalue weighted by molar-refractivity contribution is 5.84. The van der Waals surface area contributed by atoms with Crippen LogP contribution in [0.4, 0.5) is 0 Å². The smallest absolute Gasteiger partial charge is 0.261 e. The number of carbonyl (C=O) groups is 1. The van der Waals surface area contributed by atoms with E-state index in [1.165, 1.54) is 10.8 Å². The Bertz CT molecular complexity index is 873. The van der Waals surface area contributed by atoms with E-state index in [0.717, 1.165) is 16.9 Å². The highest BCUT2D eigenvalue weighted by Gasteiger charge is 2.18. The van der Waals surface area contributed by atoms with Gasteiger partial charge < -0.3 is 10.1 Å². The molecule has 0 fully saturated rings. The molecule has 25 heavy (non-hydrogen) atoms. The first-order valence-electron chi connectivity index (χ1n) is 8.65. The second-order valence-electron chi connectivity index (χ2n) is 6.18. The topological polar surface area (TPSA) is 38.3 Å². The van der Waals surface area contributed by atoms with Crippen molar-refractivity contribution in [1.29, 1.82) is 0 Å². The number of hydrogen-bond donors (Lipinski definition) is 1. The third kappa shape index (κ3) is 4.18. The lowest BCUT2D eigenvalue weighted by Gasteiger charge is -2.18. The monoisotopic (exact) mass is 333 g/mol. The summed E-state index contributed by atoms with van der Waals surface area (Å²) in [7, 11) is 0.